The highest BCUT2D eigenvalue weighted by Crippen LogP contribution is 2.39. The van der Waals surface area contributed by atoms with Crippen LogP contribution in [-0.2, 0) is 14.3 Å². The predicted molar refractivity (Wildman–Crippen MR) is 158 cm³/mol. The Morgan fingerprint density at radius 2 is 1.86 bits per heavy atom. The quantitative estimate of drug-likeness (QED) is 0.127. The molecule has 0 aromatic heterocycles. The first-order valence-electron chi connectivity index (χ1n) is 14.0. The van der Waals surface area contributed by atoms with Gasteiger partial charge in [0, 0.05) is 48.3 Å². The molecule has 12 nitrogen and oxygen atoms in total. The summed E-state index contributed by atoms with van der Waals surface area (Å²) in [6.07, 6.45) is 1.49. The van der Waals surface area contributed by atoms with Crippen LogP contribution in [0.3, 0.4) is 0 Å². The Labute approximate surface area is 250 Å². The number of esters is 1. The van der Waals surface area contributed by atoms with Crippen molar-refractivity contribution in [1.29, 1.82) is 5.26 Å². The molecule has 1 aliphatic heterocycles. The van der Waals surface area contributed by atoms with E-state index in [1.165, 1.54) is 25.3 Å². The van der Waals surface area contributed by atoms with Crippen molar-refractivity contribution < 1.29 is 29.2 Å². The molecule has 0 saturated carbocycles. The molecule has 0 fully saturated rings. The number of benzene rings is 2. The average Bonchev–Trinajstić information content (AvgIpc) is 2.97. The maximum Gasteiger partial charge on any atom is 0.336 e. The molecule has 2 unspecified atom stereocenters. The normalized spacial score (nSPS) is 15.4. The SMILES string of the molecule is COC(=O)C1=C(C)NC(C)=C(C(=O)NCCCCCN(CC(C)O)Oc2cccc(C#N)c2)C1c1cccc([N+](=O)[O-])c1. The first-order valence-corrected chi connectivity index (χ1v) is 14.0. The van der Waals surface area contributed by atoms with Gasteiger partial charge in [0.15, 0.2) is 0 Å². The van der Waals surface area contributed by atoms with Gasteiger partial charge in [0.1, 0.15) is 5.75 Å². The molecule has 2 atom stereocenters. The van der Waals surface area contributed by atoms with Crippen LogP contribution in [0, 0.1) is 21.4 Å². The summed E-state index contributed by atoms with van der Waals surface area (Å²) in [4.78, 5) is 43.1. The van der Waals surface area contributed by atoms with Crippen LogP contribution in [0.4, 0.5) is 5.69 Å². The summed E-state index contributed by atoms with van der Waals surface area (Å²) >= 11 is 0. The predicted octanol–water partition coefficient (Wildman–Crippen LogP) is 3.84. The maximum absolute atomic E-state index is 13.5. The third-order valence-corrected chi connectivity index (χ3v) is 6.86. The van der Waals surface area contributed by atoms with Gasteiger partial charge in [-0.25, -0.2) is 4.79 Å². The number of aliphatic hydroxyl groups is 1. The fourth-order valence-corrected chi connectivity index (χ4v) is 4.95. The molecule has 3 N–H and O–H groups in total. The molecule has 2 aromatic carbocycles. The van der Waals surface area contributed by atoms with Crippen molar-refractivity contribution in [2.75, 3.05) is 26.7 Å². The van der Waals surface area contributed by atoms with Gasteiger partial charge in [-0.05, 0) is 51.3 Å². The Bertz CT molecular complexity index is 1440. The number of aliphatic hydroxyl groups excluding tert-OH is 1. The van der Waals surface area contributed by atoms with Crippen LogP contribution < -0.4 is 15.5 Å². The van der Waals surface area contributed by atoms with Gasteiger partial charge in [-0.3, -0.25) is 14.9 Å². The molecule has 0 radical (unpaired) electrons. The molecule has 3 rings (SSSR count). The molecule has 0 aliphatic carbocycles. The standard InChI is InChI=1S/C31H37N5O7/c1-20(37)19-35(43-26-13-8-10-23(16-26)18-32)15-7-5-6-14-33-30(38)27-21(2)34-22(3)28(31(39)42-4)29(27)24-11-9-12-25(17-24)36(40)41/h8-13,16-17,20,29,34,37H,5-7,14-15,19H2,1-4H3,(H,33,38). The highest BCUT2D eigenvalue weighted by atomic mass is 16.7. The maximum atomic E-state index is 13.5. The molecule has 1 heterocycles. The molecule has 0 bridgehead atoms. The summed E-state index contributed by atoms with van der Waals surface area (Å²) in [5.74, 6) is -1.39. The largest absolute Gasteiger partial charge is 0.466 e. The lowest BCUT2D eigenvalue weighted by Gasteiger charge is -2.30. The van der Waals surface area contributed by atoms with E-state index < -0.39 is 28.8 Å². The van der Waals surface area contributed by atoms with E-state index in [9.17, 15) is 24.8 Å². The highest BCUT2D eigenvalue weighted by Gasteiger charge is 2.37. The van der Waals surface area contributed by atoms with E-state index in [-0.39, 0.29) is 23.4 Å². The minimum absolute atomic E-state index is 0.151. The molecule has 1 amide bonds. The number of nitriles is 1. The lowest BCUT2D eigenvalue weighted by Crippen LogP contribution is -2.37. The third-order valence-electron chi connectivity index (χ3n) is 6.86. The zero-order chi connectivity index (χ0) is 31.5. The number of rotatable bonds is 14. The Morgan fingerprint density at radius 1 is 1.14 bits per heavy atom. The number of dihydropyridines is 1. The van der Waals surface area contributed by atoms with E-state index in [0.29, 0.717) is 54.2 Å². The molecular weight excluding hydrogens is 554 g/mol. The number of carbonyl (C=O) groups excluding carboxylic acids is 2. The van der Waals surface area contributed by atoms with E-state index in [1.807, 2.05) is 0 Å². The van der Waals surface area contributed by atoms with Crippen molar-refractivity contribution in [2.24, 2.45) is 0 Å². The lowest BCUT2D eigenvalue weighted by molar-refractivity contribution is -0.384. The number of non-ortho nitro benzene ring substituents is 1. The Kier molecular flexibility index (Phi) is 11.8. The number of carbonyl (C=O) groups is 2. The Morgan fingerprint density at radius 3 is 2.53 bits per heavy atom. The Hall–Kier alpha value is -4.73. The second-order valence-electron chi connectivity index (χ2n) is 10.3. The van der Waals surface area contributed by atoms with E-state index >= 15 is 0 Å². The van der Waals surface area contributed by atoms with Gasteiger partial charge in [-0.1, -0.05) is 24.6 Å². The number of hydroxylamine groups is 2. The molecule has 12 heteroatoms. The van der Waals surface area contributed by atoms with Gasteiger partial charge in [-0.15, -0.1) is 5.06 Å². The van der Waals surface area contributed by atoms with Crippen LogP contribution in [0.25, 0.3) is 0 Å². The summed E-state index contributed by atoms with van der Waals surface area (Å²) in [6.45, 7) is 6.24. The second-order valence-corrected chi connectivity index (χ2v) is 10.3. The molecule has 2 aromatic rings. The van der Waals surface area contributed by atoms with E-state index in [0.717, 1.165) is 6.42 Å². The van der Waals surface area contributed by atoms with Gasteiger partial charge in [0.05, 0.1) is 47.8 Å². The number of ether oxygens (including phenoxy) is 1. The number of nitro benzene ring substituents is 1. The van der Waals surface area contributed by atoms with Crippen molar-refractivity contribution >= 4 is 17.6 Å². The van der Waals surface area contributed by atoms with E-state index in [1.54, 1.807) is 56.2 Å². The molecule has 1 aliphatic rings. The first kappa shape index (κ1) is 32.8. The van der Waals surface area contributed by atoms with Gasteiger partial charge in [0.25, 0.3) is 5.69 Å². The number of allylic oxidation sites excluding steroid dienone is 2. The summed E-state index contributed by atoms with van der Waals surface area (Å²) in [6, 6.07) is 14.7. The number of nitrogens with one attached hydrogen (secondary N) is 2. The fraction of sp³-hybridized carbons (Fsp3) is 0.387. The number of hydrogen-bond donors (Lipinski definition) is 3. The van der Waals surface area contributed by atoms with Gasteiger partial charge >= 0.3 is 5.97 Å². The van der Waals surface area contributed by atoms with Crippen LogP contribution in [-0.4, -0.2) is 59.8 Å². The Balaban J connectivity index is 1.65. The highest BCUT2D eigenvalue weighted by molar-refractivity contribution is 6.02. The van der Waals surface area contributed by atoms with Crippen LogP contribution in [0.1, 0.15) is 57.1 Å². The summed E-state index contributed by atoms with van der Waals surface area (Å²) in [5.41, 5.74) is 2.27. The smallest absolute Gasteiger partial charge is 0.336 e. The molecule has 0 saturated heterocycles. The molecule has 228 valence electrons. The minimum atomic E-state index is -0.862. The minimum Gasteiger partial charge on any atom is -0.466 e. The van der Waals surface area contributed by atoms with E-state index in [2.05, 4.69) is 16.7 Å². The fourth-order valence-electron chi connectivity index (χ4n) is 4.95. The molecule has 0 spiro atoms. The number of amides is 1. The third kappa shape index (κ3) is 8.88. The zero-order valence-electron chi connectivity index (χ0n) is 24.8. The monoisotopic (exact) mass is 591 g/mol. The topological polar surface area (TPSA) is 167 Å². The van der Waals surface area contributed by atoms with Gasteiger partial charge in [-0.2, -0.15) is 5.26 Å². The van der Waals surface area contributed by atoms with Gasteiger partial charge in [0.2, 0.25) is 5.91 Å². The summed E-state index contributed by atoms with van der Waals surface area (Å²) in [7, 11) is 1.24. The number of hydrogen-bond acceptors (Lipinski definition) is 10. The van der Waals surface area contributed by atoms with Crippen molar-refractivity contribution in [3.8, 4) is 11.8 Å². The van der Waals surface area contributed by atoms with Crippen LogP contribution in [0.15, 0.2) is 71.1 Å². The van der Waals surface area contributed by atoms with Crippen LogP contribution >= 0.6 is 0 Å². The zero-order valence-corrected chi connectivity index (χ0v) is 24.8. The van der Waals surface area contributed by atoms with E-state index in [4.69, 9.17) is 14.8 Å². The number of unbranched alkanes of at least 4 members (excludes halogenated alkanes) is 2. The number of nitro groups is 1. The van der Waals surface area contributed by atoms with Crippen molar-refractivity contribution in [2.45, 2.75) is 52.1 Å². The van der Waals surface area contributed by atoms with Crippen molar-refractivity contribution in [3.63, 3.8) is 0 Å². The van der Waals surface area contributed by atoms with Gasteiger partial charge < -0.3 is 25.3 Å². The van der Waals surface area contributed by atoms with Crippen molar-refractivity contribution in [1.82, 2.24) is 15.7 Å². The van der Waals surface area contributed by atoms with Crippen molar-refractivity contribution in [3.05, 3.63) is 92.3 Å². The lowest BCUT2D eigenvalue weighted by atomic mass is 9.80. The average molecular weight is 592 g/mol. The first-order chi connectivity index (χ1) is 20.5. The van der Waals surface area contributed by atoms with Crippen LogP contribution in [0.2, 0.25) is 0 Å². The summed E-state index contributed by atoms with van der Waals surface area (Å²) < 4.78 is 5.00. The van der Waals surface area contributed by atoms with Crippen LogP contribution in [0.5, 0.6) is 5.75 Å². The second kappa shape index (κ2) is 15.5. The molecular formula is C31H37N5O7. The molecule has 43 heavy (non-hydrogen) atoms. The number of nitrogens with zero attached hydrogens (tertiary/aromatic N) is 3. The summed E-state index contributed by atoms with van der Waals surface area (Å²) in [5, 5.41) is 38.1. The number of methoxy groups -OCH3 is 1.